The molecule has 0 radical (unpaired) electrons. The summed E-state index contributed by atoms with van der Waals surface area (Å²) < 4.78 is 7.92. The smallest absolute Gasteiger partial charge is 0.347 e. The maximum absolute atomic E-state index is 12.6. The number of fused-ring (bicyclic) bond motifs is 1. The van der Waals surface area contributed by atoms with Crippen LogP contribution in [0, 0.1) is 6.92 Å². The summed E-state index contributed by atoms with van der Waals surface area (Å²) in [6.07, 6.45) is 3.62. The van der Waals surface area contributed by atoms with Gasteiger partial charge < -0.3 is 4.42 Å². The fourth-order valence-corrected chi connectivity index (χ4v) is 4.12. The average Bonchev–Trinajstić information content (AvgIpc) is 3.07. The molecule has 0 saturated carbocycles. The van der Waals surface area contributed by atoms with Crippen LogP contribution in [-0.4, -0.2) is 26.0 Å². The molecule has 0 N–H and O–H groups in total. The quantitative estimate of drug-likeness (QED) is 0.411. The van der Waals surface area contributed by atoms with Gasteiger partial charge in [0.2, 0.25) is 5.89 Å². The van der Waals surface area contributed by atoms with E-state index in [1.807, 2.05) is 25.3 Å². The normalized spacial score (nSPS) is 11.3. The summed E-state index contributed by atoms with van der Waals surface area (Å²) in [6, 6.07) is 8.93. The van der Waals surface area contributed by atoms with E-state index in [0.717, 1.165) is 15.7 Å². The van der Waals surface area contributed by atoms with E-state index >= 15 is 0 Å². The number of rotatable bonds is 4. The van der Waals surface area contributed by atoms with Gasteiger partial charge in [-0.3, -0.25) is 0 Å². The molecule has 0 amide bonds. The zero-order chi connectivity index (χ0) is 19.8. The van der Waals surface area contributed by atoms with Crippen molar-refractivity contribution in [2.24, 2.45) is 0 Å². The van der Waals surface area contributed by atoms with Crippen molar-refractivity contribution < 1.29 is 4.42 Å². The summed E-state index contributed by atoms with van der Waals surface area (Å²) in [5.41, 5.74) is 2.31. The standard InChI is InChI=1S/C19H14BrClN4O2S/c1-10-6-11(20)7-13-16(10)23-18(27-19(13)26)15-8-12(9-28-2)24-25(15)17-14(21)4-3-5-22-17/h3-8H,9H2,1-2H3. The number of thioether (sulfide) groups is 1. The molecule has 28 heavy (non-hydrogen) atoms. The Labute approximate surface area is 178 Å². The summed E-state index contributed by atoms with van der Waals surface area (Å²) in [6.45, 7) is 1.90. The Morgan fingerprint density at radius 3 is 2.89 bits per heavy atom. The van der Waals surface area contributed by atoms with Crippen LogP contribution in [0.15, 0.2) is 50.2 Å². The third-order valence-electron chi connectivity index (χ3n) is 4.10. The Kier molecular flexibility index (Phi) is 5.27. The predicted octanol–water partition coefficient (Wildman–Crippen LogP) is 5.02. The SMILES string of the molecule is CSCc1cc(-c2nc3c(C)cc(Br)cc3c(=O)o2)n(-c2ncccc2Cl)n1. The summed E-state index contributed by atoms with van der Waals surface area (Å²) in [4.78, 5) is 21.6. The van der Waals surface area contributed by atoms with Crippen LogP contribution in [0.5, 0.6) is 0 Å². The first kappa shape index (κ1) is 19.2. The summed E-state index contributed by atoms with van der Waals surface area (Å²) in [7, 11) is 0. The maximum atomic E-state index is 12.6. The molecule has 4 aromatic rings. The van der Waals surface area contributed by atoms with Gasteiger partial charge in [0.1, 0.15) is 5.69 Å². The maximum Gasteiger partial charge on any atom is 0.347 e. The van der Waals surface area contributed by atoms with E-state index in [9.17, 15) is 4.79 Å². The monoisotopic (exact) mass is 476 g/mol. The minimum absolute atomic E-state index is 0.171. The molecule has 4 rings (SSSR count). The molecule has 9 heteroatoms. The first-order valence-corrected chi connectivity index (χ1v) is 10.8. The molecule has 0 atom stereocenters. The molecular formula is C19H14BrClN4O2S. The predicted molar refractivity (Wildman–Crippen MR) is 115 cm³/mol. The van der Waals surface area contributed by atoms with E-state index in [4.69, 9.17) is 16.0 Å². The van der Waals surface area contributed by atoms with Crippen LogP contribution >= 0.6 is 39.3 Å². The molecule has 6 nitrogen and oxygen atoms in total. The second-order valence-corrected chi connectivity index (χ2v) is 8.29. The second kappa shape index (κ2) is 7.69. The molecule has 0 saturated heterocycles. The van der Waals surface area contributed by atoms with Gasteiger partial charge in [0.25, 0.3) is 0 Å². The van der Waals surface area contributed by atoms with E-state index < -0.39 is 5.63 Å². The van der Waals surface area contributed by atoms with Gasteiger partial charge in [0, 0.05) is 16.4 Å². The fraction of sp³-hybridized carbons (Fsp3) is 0.158. The third kappa shape index (κ3) is 3.47. The Morgan fingerprint density at radius 2 is 2.14 bits per heavy atom. The molecule has 3 heterocycles. The van der Waals surface area contributed by atoms with Gasteiger partial charge >= 0.3 is 5.63 Å². The van der Waals surface area contributed by atoms with Crippen LogP contribution in [0.1, 0.15) is 11.3 Å². The molecule has 0 aliphatic carbocycles. The molecule has 0 unspecified atom stereocenters. The van der Waals surface area contributed by atoms with Crippen molar-refractivity contribution in [3.63, 3.8) is 0 Å². The summed E-state index contributed by atoms with van der Waals surface area (Å²) >= 11 is 11.4. The van der Waals surface area contributed by atoms with E-state index in [-0.39, 0.29) is 5.89 Å². The molecule has 142 valence electrons. The van der Waals surface area contributed by atoms with Crippen LogP contribution in [0.2, 0.25) is 5.02 Å². The molecular weight excluding hydrogens is 464 g/mol. The molecule has 0 aliphatic rings. The first-order chi connectivity index (χ1) is 13.5. The van der Waals surface area contributed by atoms with Crippen molar-refractivity contribution >= 4 is 50.2 Å². The minimum atomic E-state index is -0.462. The highest BCUT2D eigenvalue weighted by molar-refractivity contribution is 9.10. The van der Waals surface area contributed by atoms with Gasteiger partial charge in [-0.15, -0.1) is 0 Å². The lowest BCUT2D eigenvalue weighted by Gasteiger charge is -2.08. The molecule has 0 fully saturated rings. The molecule has 0 bridgehead atoms. The highest BCUT2D eigenvalue weighted by atomic mass is 79.9. The fourth-order valence-electron chi connectivity index (χ4n) is 2.91. The number of aromatic nitrogens is 4. The minimum Gasteiger partial charge on any atom is -0.401 e. The van der Waals surface area contributed by atoms with E-state index in [0.29, 0.717) is 33.2 Å². The highest BCUT2D eigenvalue weighted by Crippen LogP contribution is 2.28. The van der Waals surface area contributed by atoms with Gasteiger partial charge in [0.15, 0.2) is 5.82 Å². The van der Waals surface area contributed by atoms with Crippen molar-refractivity contribution in [1.29, 1.82) is 0 Å². The Bertz CT molecular complexity index is 1250. The van der Waals surface area contributed by atoms with Crippen LogP contribution in [-0.2, 0) is 5.75 Å². The van der Waals surface area contributed by atoms with Gasteiger partial charge in [0.05, 0.1) is 21.6 Å². The largest absolute Gasteiger partial charge is 0.401 e. The number of hydrogen-bond acceptors (Lipinski definition) is 6. The lowest BCUT2D eigenvalue weighted by Crippen LogP contribution is -2.08. The molecule has 0 spiro atoms. The Hall–Kier alpha value is -2.16. The van der Waals surface area contributed by atoms with E-state index in [1.165, 1.54) is 0 Å². The summed E-state index contributed by atoms with van der Waals surface area (Å²) in [5, 5.41) is 5.45. The first-order valence-electron chi connectivity index (χ1n) is 8.28. The van der Waals surface area contributed by atoms with Crippen molar-refractivity contribution in [3.8, 4) is 17.4 Å². The van der Waals surface area contributed by atoms with Crippen LogP contribution in [0.25, 0.3) is 28.3 Å². The van der Waals surface area contributed by atoms with Crippen molar-refractivity contribution in [2.45, 2.75) is 12.7 Å². The molecule has 1 aromatic carbocycles. The number of halogens is 2. The Balaban J connectivity index is 1.99. The number of benzene rings is 1. The van der Waals surface area contributed by atoms with Crippen molar-refractivity contribution in [2.75, 3.05) is 6.26 Å². The van der Waals surface area contributed by atoms with Gasteiger partial charge in [-0.1, -0.05) is 27.5 Å². The summed E-state index contributed by atoms with van der Waals surface area (Å²) in [5.74, 6) is 1.31. The van der Waals surface area contributed by atoms with Crippen LogP contribution < -0.4 is 5.63 Å². The van der Waals surface area contributed by atoms with E-state index in [1.54, 1.807) is 40.8 Å². The number of aryl methyl sites for hydroxylation is 1. The molecule has 3 aromatic heterocycles. The van der Waals surface area contributed by atoms with Crippen LogP contribution in [0.4, 0.5) is 0 Å². The van der Waals surface area contributed by atoms with Gasteiger partial charge in [-0.25, -0.2) is 19.4 Å². The second-order valence-electron chi connectivity index (χ2n) is 6.10. The lowest BCUT2D eigenvalue weighted by atomic mass is 10.1. The topological polar surface area (TPSA) is 73.8 Å². The average molecular weight is 478 g/mol. The number of hydrogen-bond donors (Lipinski definition) is 0. The third-order valence-corrected chi connectivity index (χ3v) is 5.44. The highest BCUT2D eigenvalue weighted by Gasteiger charge is 2.20. The zero-order valence-electron chi connectivity index (χ0n) is 14.9. The lowest BCUT2D eigenvalue weighted by molar-refractivity contribution is 0.513. The van der Waals surface area contributed by atoms with Crippen LogP contribution in [0.3, 0.4) is 0 Å². The number of nitrogens with zero attached hydrogens (tertiary/aromatic N) is 4. The van der Waals surface area contributed by atoms with Crippen molar-refractivity contribution in [3.05, 3.63) is 67.7 Å². The zero-order valence-corrected chi connectivity index (χ0v) is 18.1. The number of pyridine rings is 1. The van der Waals surface area contributed by atoms with E-state index in [2.05, 4.69) is 31.0 Å². The Morgan fingerprint density at radius 1 is 1.32 bits per heavy atom. The van der Waals surface area contributed by atoms with Gasteiger partial charge in [-0.05, 0) is 49.1 Å². The van der Waals surface area contributed by atoms with Crippen molar-refractivity contribution in [1.82, 2.24) is 19.7 Å². The molecule has 0 aliphatic heterocycles. The van der Waals surface area contributed by atoms with Gasteiger partial charge in [-0.2, -0.15) is 16.9 Å².